The van der Waals surface area contributed by atoms with Crippen molar-refractivity contribution in [2.45, 2.75) is 0 Å². The third-order valence-electron chi connectivity index (χ3n) is 1.57. The Kier molecular flexibility index (Phi) is 5.05. The summed E-state index contributed by atoms with van der Waals surface area (Å²) in [4.78, 5) is 18.5. The number of rotatable bonds is 0. The van der Waals surface area contributed by atoms with E-state index >= 15 is 0 Å². The van der Waals surface area contributed by atoms with Crippen LogP contribution in [0.15, 0.2) is 41.5 Å². The standard InChI is InChI=1S/C9H6N2O.2ClH/c12-9-6-10-5-7-3-1-2-4-8(7)11-9;;/h1-6H;2*1H. The van der Waals surface area contributed by atoms with Crippen LogP contribution in [0, 0.1) is 0 Å². The highest BCUT2D eigenvalue weighted by Crippen LogP contribution is 2.04. The summed E-state index contributed by atoms with van der Waals surface area (Å²) in [5.41, 5.74) is 0.371. The van der Waals surface area contributed by atoms with E-state index in [1.807, 2.05) is 18.2 Å². The fraction of sp³-hybridized carbons (Fsp3) is 0. The number of hydrogen-bond donors (Lipinski definition) is 0. The van der Waals surface area contributed by atoms with Gasteiger partial charge < -0.3 is 0 Å². The zero-order chi connectivity index (χ0) is 8.39. The van der Waals surface area contributed by atoms with E-state index in [-0.39, 0.29) is 30.4 Å². The number of hydrogen-bond acceptors (Lipinski definition) is 3. The molecule has 0 fully saturated rings. The third-order valence-corrected chi connectivity index (χ3v) is 1.57. The highest BCUT2D eigenvalue weighted by Gasteiger charge is 1.90. The molecule has 0 amide bonds. The van der Waals surface area contributed by atoms with Crippen molar-refractivity contribution in [3.8, 4) is 0 Å². The topological polar surface area (TPSA) is 42.9 Å². The van der Waals surface area contributed by atoms with E-state index in [1.165, 1.54) is 6.20 Å². The van der Waals surface area contributed by atoms with E-state index < -0.39 is 0 Å². The molecule has 0 aliphatic rings. The highest BCUT2D eigenvalue weighted by molar-refractivity contribution is 5.85. The Balaban J connectivity index is 0.000000845. The molecule has 2 aromatic rings. The van der Waals surface area contributed by atoms with Crippen LogP contribution in [0.2, 0.25) is 0 Å². The Bertz CT molecular complexity index is 476. The van der Waals surface area contributed by atoms with E-state index in [0.717, 1.165) is 5.39 Å². The molecule has 5 heteroatoms. The van der Waals surface area contributed by atoms with Crippen molar-refractivity contribution in [1.29, 1.82) is 0 Å². The summed E-state index contributed by atoms with van der Waals surface area (Å²) in [5, 5.41) is 0.875. The van der Waals surface area contributed by atoms with Crippen LogP contribution in [0.4, 0.5) is 0 Å². The first-order valence-corrected chi connectivity index (χ1v) is 3.57. The summed E-state index contributed by atoms with van der Waals surface area (Å²) in [7, 11) is 0. The van der Waals surface area contributed by atoms with Crippen molar-refractivity contribution in [2.75, 3.05) is 0 Å². The predicted octanol–water partition coefficient (Wildman–Crippen LogP) is 1.83. The minimum Gasteiger partial charge on any atom is -0.266 e. The van der Waals surface area contributed by atoms with E-state index in [9.17, 15) is 4.79 Å². The Morgan fingerprint density at radius 1 is 1.00 bits per heavy atom. The quantitative estimate of drug-likeness (QED) is 0.694. The van der Waals surface area contributed by atoms with Gasteiger partial charge in [0, 0.05) is 11.6 Å². The monoisotopic (exact) mass is 230 g/mol. The summed E-state index contributed by atoms with van der Waals surface area (Å²) in [6, 6.07) is 7.39. The Morgan fingerprint density at radius 3 is 2.50 bits per heavy atom. The lowest BCUT2D eigenvalue weighted by atomic mass is 10.2. The molecule has 0 aliphatic heterocycles. The molecule has 74 valence electrons. The van der Waals surface area contributed by atoms with E-state index in [4.69, 9.17) is 0 Å². The van der Waals surface area contributed by atoms with Crippen LogP contribution in [0.1, 0.15) is 0 Å². The van der Waals surface area contributed by atoms with Gasteiger partial charge in [-0.2, -0.15) is 0 Å². The first-order chi connectivity index (χ1) is 5.86. The zero-order valence-corrected chi connectivity index (χ0v) is 8.72. The van der Waals surface area contributed by atoms with Gasteiger partial charge in [0.2, 0.25) is 0 Å². The molecule has 0 spiro atoms. The molecule has 0 radical (unpaired) electrons. The van der Waals surface area contributed by atoms with Crippen molar-refractivity contribution in [3.05, 3.63) is 47.0 Å². The third kappa shape index (κ3) is 2.65. The zero-order valence-electron chi connectivity index (χ0n) is 7.08. The molecule has 1 aromatic heterocycles. The number of para-hydroxylation sites is 1. The second-order valence-corrected chi connectivity index (χ2v) is 2.42. The van der Waals surface area contributed by atoms with Crippen molar-refractivity contribution in [3.63, 3.8) is 0 Å². The van der Waals surface area contributed by atoms with Crippen LogP contribution < -0.4 is 5.56 Å². The first-order valence-electron chi connectivity index (χ1n) is 3.57. The molecule has 14 heavy (non-hydrogen) atoms. The molecule has 0 atom stereocenters. The predicted molar refractivity (Wildman–Crippen MR) is 60.3 cm³/mol. The molecular weight excluding hydrogens is 223 g/mol. The Hall–Kier alpha value is -1.19. The van der Waals surface area contributed by atoms with Gasteiger partial charge in [-0.15, -0.1) is 24.8 Å². The van der Waals surface area contributed by atoms with Gasteiger partial charge in [0.1, 0.15) is 0 Å². The molecule has 1 heterocycles. The van der Waals surface area contributed by atoms with Crippen molar-refractivity contribution < 1.29 is 0 Å². The van der Waals surface area contributed by atoms with E-state index in [2.05, 4.69) is 9.97 Å². The summed E-state index contributed by atoms with van der Waals surface area (Å²) >= 11 is 0. The molecule has 0 bridgehead atoms. The lowest BCUT2D eigenvalue weighted by molar-refractivity contribution is 1.26. The second-order valence-electron chi connectivity index (χ2n) is 2.42. The summed E-state index contributed by atoms with van der Waals surface area (Å²) in [5.74, 6) is 0. The second kappa shape index (κ2) is 5.52. The minimum atomic E-state index is -0.309. The number of aromatic nitrogens is 2. The maximum absolute atomic E-state index is 10.9. The minimum absolute atomic E-state index is 0. The number of nitrogens with zero attached hydrogens (tertiary/aromatic N) is 2. The number of fused-ring (bicyclic) bond motifs is 1. The molecule has 0 N–H and O–H groups in total. The first kappa shape index (κ1) is 12.8. The van der Waals surface area contributed by atoms with Gasteiger partial charge >= 0.3 is 0 Å². The van der Waals surface area contributed by atoms with Gasteiger partial charge in [0.15, 0.2) is 0 Å². The van der Waals surface area contributed by atoms with Gasteiger partial charge in [0.25, 0.3) is 5.56 Å². The van der Waals surface area contributed by atoms with Crippen molar-refractivity contribution in [2.24, 2.45) is 0 Å². The SMILES string of the molecule is Cl.Cl.O=c1cncc2ccccc2n1. The van der Waals surface area contributed by atoms with Crippen LogP contribution in [-0.2, 0) is 0 Å². The van der Waals surface area contributed by atoms with Gasteiger partial charge in [-0.3, -0.25) is 9.78 Å². The number of halogens is 2. The van der Waals surface area contributed by atoms with Crippen LogP contribution in [-0.4, -0.2) is 9.97 Å². The van der Waals surface area contributed by atoms with Crippen LogP contribution in [0.3, 0.4) is 0 Å². The largest absolute Gasteiger partial charge is 0.288 e. The molecule has 0 saturated heterocycles. The fourth-order valence-corrected chi connectivity index (χ4v) is 1.03. The highest BCUT2D eigenvalue weighted by atomic mass is 35.5. The van der Waals surface area contributed by atoms with E-state index in [0.29, 0.717) is 5.52 Å². The normalized spacial score (nSPS) is 8.57. The summed E-state index contributed by atoms with van der Waals surface area (Å²) in [6.07, 6.45) is 2.84. The lowest BCUT2D eigenvalue weighted by Crippen LogP contribution is -1.98. The summed E-state index contributed by atoms with van der Waals surface area (Å²) < 4.78 is 0. The smallest absolute Gasteiger partial charge is 0.266 e. The molecule has 0 aliphatic carbocycles. The van der Waals surface area contributed by atoms with Crippen LogP contribution in [0.5, 0.6) is 0 Å². The molecule has 1 aromatic carbocycles. The van der Waals surface area contributed by atoms with E-state index in [1.54, 1.807) is 12.3 Å². The molecule has 0 saturated carbocycles. The fourth-order valence-electron chi connectivity index (χ4n) is 1.03. The Labute approximate surface area is 93.0 Å². The van der Waals surface area contributed by atoms with Gasteiger partial charge in [0.05, 0.1) is 11.7 Å². The van der Waals surface area contributed by atoms with Gasteiger partial charge in [-0.1, -0.05) is 18.2 Å². The summed E-state index contributed by atoms with van der Waals surface area (Å²) in [6.45, 7) is 0. The number of benzene rings is 1. The molecule has 3 nitrogen and oxygen atoms in total. The molecule has 2 rings (SSSR count). The lowest BCUT2D eigenvalue weighted by Gasteiger charge is -1.85. The maximum atomic E-state index is 10.9. The van der Waals surface area contributed by atoms with Gasteiger partial charge in [-0.05, 0) is 6.07 Å². The maximum Gasteiger partial charge on any atom is 0.288 e. The van der Waals surface area contributed by atoms with Crippen molar-refractivity contribution in [1.82, 2.24) is 9.97 Å². The van der Waals surface area contributed by atoms with Crippen LogP contribution in [0.25, 0.3) is 10.9 Å². The van der Waals surface area contributed by atoms with Crippen LogP contribution >= 0.6 is 24.8 Å². The average molecular weight is 231 g/mol. The molecule has 0 unspecified atom stereocenters. The molecular formula is C9H8Cl2N2O. The van der Waals surface area contributed by atoms with Crippen molar-refractivity contribution >= 4 is 35.7 Å². The van der Waals surface area contributed by atoms with Gasteiger partial charge in [-0.25, -0.2) is 4.98 Å². The Morgan fingerprint density at radius 2 is 1.71 bits per heavy atom. The average Bonchev–Trinajstić information content (AvgIpc) is 2.25.